The van der Waals surface area contributed by atoms with Crippen LogP contribution in [0.15, 0.2) is 0 Å². The molecule has 0 bridgehead atoms. The third-order valence-corrected chi connectivity index (χ3v) is 5.25. The standard InChI is InChI=1S/C15H29N/c1-12-7-6-8-13(2)15(12)11-14-9-4-5-10-16(14)3/h12-15H,4-11H2,1-3H3. The van der Waals surface area contributed by atoms with Crippen LogP contribution in [0.3, 0.4) is 0 Å². The molecule has 2 rings (SSSR count). The summed E-state index contributed by atoms with van der Waals surface area (Å²) in [5.74, 6) is 2.94. The summed E-state index contributed by atoms with van der Waals surface area (Å²) in [6, 6.07) is 0.891. The van der Waals surface area contributed by atoms with Gasteiger partial charge < -0.3 is 4.90 Å². The summed E-state index contributed by atoms with van der Waals surface area (Å²) in [5.41, 5.74) is 0. The molecule has 1 saturated heterocycles. The highest BCUT2D eigenvalue weighted by Crippen LogP contribution is 2.38. The van der Waals surface area contributed by atoms with Crippen LogP contribution in [-0.4, -0.2) is 24.5 Å². The molecular weight excluding hydrogens is 194 g/mol. The van der Waals surface area contributed by atoms with Crippen molar-refractivity contribution in [3.63, 3.8) is 0 Å². The first-order chi connectivity index (χ1) is 7.68. The van der Waals surface area contributed by atoms with Crippen LogP contribution < -0.4 is 0 Å². The number of likely N-dealkylation sites (tertiary alicyclic amines) is 1. The fourth-order valence-electron chi connectivity index (χ4n) is 3.97. The van der Waals surface area contributed by atoms with E-state index in [0.29, 0.717) is 0 Å². The van der Waals surface area contributed by atoms with Gasteiger partial charge in [-0.25, -0.2) is 0 Å². The maximum atomic E-state index is 2.62. The number of nitrogens with zero attached hydrogens (tertiary/aromatic N) is 1. The van der Waals surface area contributed by atoms with Crippen LogP contribution in [0.4, 0.5) is 0 Å². The minimum absolute atomic E-state index is 0.891. The van der Waals surface area contributed by atoms with Crippen LogP contribution in [0, 0.1) is 17.8 Å². The van der Waals surface area contributed by atoms with Crippen molar-refractivity contribution in [1.29, 1.82) is 0 Å². The molecule has 1 aliphatic heterocycles. The second-order valence-electron chi connectivity index (χ2n) is 6.42. The second kappa shape index (κ2) is 5.53. The van der Waals surface area contributed by atoms with Gasteiger partial charge in [-0.3, -0.25) is 0 Å². The molecular formula is C15H29N. The summed E-state index contributed by atoms with van der Waals surface area (Å²) in [6.45, 7) is 6.31. The summed E-state index contributed by atoms with van der Waals surface area (Å²) in [4.78, 5) is 2.62. The largest absolute Gasteiger partial charge is 0.303 e. The Labute approximate surface area is 102 Å². The lowest BCUT2D eigenvalue weighted by molar-refractivity contribution is 0.0959. The predicted octanol–water partition coefficient (Wildman–Crippen LogP) is 3.93. The normalized spacial score (nSPS) is 42.2. The first-order valence-electron chi connectivity index (χ1n) is 7.38. The smallest absolute Gasteiger partial charge is 0.00950 e. The summed E-state index contributed by atoms with van der Waals surface area (Å²) in [5, 5.41) is 0. The van der Waals surface area contributed by atoms with Crippen molar-refractivity contribution < 1.29 is 0 Å². The Balaban J connectivity index is 1.90. The van der Waals surface area contributed by atoms with Crippen molar-refractivity contribution in [1.82, 2.24) is 4.90 Å². The summed E-state index contributed by atoms with van der Waals surface area (Å²) in [6.07, 6.45) is 10.2. The van der Waals surface area contributed by atoms with Gasteiger partial charge in [-0.15, -0.1) is 0 Å². The SMILES string of the molecule is CC1CCCC(C)C1CC1CCCCN1C. The van der Waals surface area contributed by atoms with Crippen LogP contribution in [-0.2, 0) is 0 Å². The van der Waals surface area contributed by atoms with Crippen molar-refractivity contribution in [2.24, 2.45) is 17.8 Å². The molecule has 0 aromatic rings. The molecule has 1 aliphatic carbocycles. The monoisotopic (exact) mass is 223 g/mol. The van der Waals surface area contributed by atoms with Crippen molar-refractivity contribution in [2.75, 3.05) is 13.6 Å². The molecule has 1 heteroatoms. The minimum atomic E-state index is 0.891. The topological polar surface area (TPSA) is 3.24 Å². The molecule has 2 aliphatic rings. The molecule has 1 nitrogen and oxygen atoms in total. The van der Waals surface area contributed by atoms with Crippen LogP contribution >= 0.6 is 0 Å². The summed E-state index contributed by atoms with van der Waals surface area (Å²) in [7, 11) is 2.34. The lowest BCUT2D eigenvalue weighted by atomic mass is 9.70. The molecule has 2 fully saturated rings. The molecule has 16 heavy (non-hydrogen) atoms. The van der Waals surface area contributed by atoms with Gasteiger partial charge in [-0.05, 0) is 50.6 Å². The Morgan fingerprint density at radius 1 is 0.938 bits per heavy atom. The zero-order valence-corrected chi connectivity index (χ0v) is 11.4. The third kappa shape index (κ3) is 2.80. The van der Waals surface area contributed by atoms with E-state index in [1.54, 1.807) is 0 Å². The molecule has 94 valence electrons. The maximum Gasteiger partial charge on any atom is 0.00950 e. The molecule has 1 saturated carbocycles. The maximum absolute atomic E-state index is 2.62. The zero-order valence-electron chi connectivity index (χ0n) is 11.4. The van der Waals surface area contributed by atoms with Gasteiger partial charge in [0.05, 0.1) is 0 Å². The van der Waals surface area contributed by atoms with Gasteiger partial charge in [0.25, 0.3) is 0 Å². The van der Waals surface area contributed by atoms with Crippen LogP contribution in [0.25, 0.3) is 0 Å². The molecule has 0 aromatic heterocycles. The highest BCUT2D eigenvalue weighted by molar-refractivity contribution is 4.84. The van der Waals surface area contributed by atoms with Crippen LogP contribution in [0.1, 0.15) is 58.8 Å². The Hall–Kier alpha value is -0.0400. The van der Waals surface area contributed by atoms with Gasteiger partial charge in [0.2, 0.25) is 0 Å². The van der Waals surface area contributed by atoms with Gasteiger partial charge in [-0.2, -0.15) is 0 Å². The average molecular weight is 223 g/mol. The van der Waals surface area contributed by atoms with E-state index in [9.17, 15) is 0 Å². The number of rotatable bonds is 2. The minimum Gasteiger partial charge on any atom is -0.303 e. The van der Waals surface area contributed by atoms with E-state index >= 15 is 0 Å². The second-order valence-corrected chi connectivity index (χ2v) is 6.42. The first kappa shape index (κ1) is 12.4. The fraction of sp³-hybridized carbons (Fsp3) is 1.00. The van der Waals surface area contributed by atoms with Gasteiger partial charge in [0.15, 0.2) is 0 Å². The van der Waals surface area contributed by atoms with E-state index < -0.39 is 0 Å². The highest BCUT2D eigenvalue weighted by atomic mass is 15.1. The fourth-order valence-corrected chi connectivity index (χ4v) is 3.97. The molecule has 1 heterocycles. The molecule has 3 atom stereocenters. The van der Waals surface area contributed by atoms with E-state index in [1.165, 1.54) is 51.5 Å². The van der Waals surface area contributed by atoms with Crippen molar-refractivity contribution in [3.05, 3.63) is 0 Å². The molecule has 0 N–H and O–H groups in total. The average Bonchev–Trinajstić information content (AvgIpc) is 2.26. The summed E-state index contributed by atoms with van der Waals surface area (Å²) < 4.78 is 0. The van der Waals surface area contributed by atoms with Gasteiger partial charge >= 0.3 is 0 Å². The quantitative estimate of drug-likeness (QED) is 0.685. The lowest BCUT2D eigenvalue weighted by Crippen LogP contribution is -2.40. The van der Waals surface area contributed by atoms with Crippen molar-refractivity contribution in [2.45, 2.75) is 64.8 Å². The van der Waals surface area contributed by atoms with Crippen molar-refractivity contribution >= 4 is 0 Å². The molecule has 0 radical (unpaired) electrons. The zero-order chi connectivity index (χ0) is 11.5. The van der Waals surface area contributed by atoms with Crippen molar-refractivity contribution in [3.8, 4) is 0 Å². The van der Waals surface area contributed by atoms with Gasteiger partial charge in [0.1, 0.15) is 0 Å². The van der Waals surface area contributed by atoms with Gasteiger partial charge in [0, 0.05) is 6.04 Å². The molecule has 0 spiro atoms. The van der Waals surface area contributed by atoms with Crippen LogP contribution in [0.2, 0.25) is 0 Å². The summed E-state index contributed by atoms with van der Waals surface area (Å²) >= 11 is 0. The third-order valence-electron chi connectivity index (χ3n) is 5.25. The van der Waals surface area contributed by atoms with E-state index in [4.69, 9.17) is 0 Å². The molecule has 0 amide bonds. The predicted molar refractivity (Wildman–Crippen MR) is 70.6 cm³/mol. The first-order valence-corrected chi connectivity index (χ1v) is 7.38. The number of piperidine rings is 1. The molecule has 3 unspecified atom stereocenters. The Morgan fingerprint density at radius 2 is 1.62 bits per heavy atom. The Morgan fingerprint density at radius 3 is 2.25 bits per heavy atom. The van der Waals surface area contributed by atoms with Crippen LogP contribution in [0.5, 0.6) is 0 Å². The highest BCUT2D eigenvalue weighted by Gasteiger charge is 2.31. The van der Waals surface area contributed by atoms with Gasteiger partial charge in [-0.1, -0.05) is 39.5 Å². The Kier molecular flexibility index (Phi) is 4.29. The van der Waals surface area contributed by atoms with E-state index in [1.807, 2.05) is 0 Å². The van der Waals surface area contributed by atoms with E-state index in [2.05, 4.69) is 25.8 Å². The van der Waals surface area contributed by atoms with E-state index in [-0.39, 0.29) is 0 Å². The Bertz CT molecular complexity index is 203. The number of hydrogen-bond acceptors (Lipinski definition) is 1. The lowest BCUT2D eigenvalue weighted by Gasteiger charge is -2.41. The molecule has 0 aromatic carbocycles. The number of hydrogen-bond donors (Lipinski definition) is 0. The van der Waals surface area contributed by atoms with E-state index in [0.717, 1.165) is 23.8 Å².